The number of aromatic nitrogens is 1. The second-order valence-electron chi connectivity index (χ2n) is 3.52. The van der Waals surface area contributed by atoms with Gasteiger partial charge in [-0.2, -0.15) is 0 Å². The lowest BCUT2D eigenvalue weighted by molar-refractivity contribution is 0.0483. The van der Waals surface area contributed by atoms with Crippen LogP contribution in [0.15, 0.2) is 22.9 Å². The average Bonchev–Trinajstić information content (AvgIpc) is 2.33. The Morgan fingerprint density at radius 3 is 2.71 bits per heavy atom. The first-order valence-electron chi connectivity index (χ1n) is 5.57. The van der Waals surface area contributed by atoms with Gasteiger partial charge < -0.3 is 14.2 Å². The third-order valence-electron chi connectivity index (χ3n) is 2.04. The van der Waals surface area contributed by atoms with Gasteiger partial charge in [0.05, 0.1) is 19.8 Å². The topological polar surface area (TPSA) is 40.6 Å². The van der Waals surface area contributed by atoms with E-state index in [1.54, 1.807) is 19.5 Å². The SMILES string of the molecule is COCCOCCCOCc1cncc(Br)c1. The van der Waals surface area contributed by atoms with Crippen molar-refractivity contribution in [1.29, 1.82) is 0 Å². The summed E-state index contributed by atoms with van der Waals surface area (Å²) in [6, 6.07) is 2.00. The molecule has 1 heterocycles. The van der Waals surface area contributed by atoms with E-state index in [-0.39, 0.29) is 0 Å². The molecule has 0 aliphatic heterocycles. The summed E-state index contributed by atoms with van der Waals surface area (Å²) in [5.41, 5.74) is 1.07. The zero-order chi connectivity index (χ0) is 12.3. The molecular formula is C12H18BrNO3. The van der Waals surface area contributed by atoms with Gasteiger partial charge in [0.2, 0.25) is 0 Å². The third kappa shape index (κ3) is 7.44. The number of pyridine rings is 1. The molecule has 0 aliphatic rings. The molecule has 0 spiro atoms. The minimum absolute atomic E-state index is 0.588. The van der Waals surface area contributed by atoms with Crippen molar-refractivity contribution in [2.45, 2.75) is 13.0 Å². The number of rotatable bonds is 9. The zero-order valence-electron chi connectivity index (χ0n) is 10.0. The van der Waals surface area contributed by atoms with Crippen LogP contribution in [0.1, 0.15) is 12.0 Å². The van der Waals surface area contributed by atoms with Gasteiger partial charge in [0.15, 0.2) is 0 Å². The van der Waals surface area contributed by atoms with Crippen LogP contribution in [0.5, 0.6) is 0 Å². The van der Waals surface area contributed by atoms with Crippen molar-refractivity contribution in [3.8, 4) is 0 Å². The van der Waals surface area contributed by atoms with Gasteiger partial charge in [0, 0.05) is 37.2 Å². The first-order chi connectivity index (χ1) is 8.33. The van der Waals surface area contributed by atoms with Gasteiger partial charge in [-0.15, -0.1) is 0 Å². The van der Waals surface area contributed by atoms with Gasteiger partial charge in [-0.25, -0.2) is 0 Å². The van der Waals surface area contributed by atoms with Gasteiger partial charge in [-0.1, -0.05) is 0 Å². The highest BCUT2D eigenvalue weighted by Gasteiger charge is 1.95. The fourth-order valence-corrected chi connectivity index (χ4v) is 1.64. The van der Waals surface area contributed by atoms with Crippen LogP contribution in [0.25, 0.3) is 0 Å². The van der Waals surface area contributed by atoms with E-state index in [0.29, 0.717) is 33.0 Å². The van der Waals surface area contributed by atoms with Crippen LogP contribution < -0.4 is 0 Å². The summed E-state index contributed by atoms with van der Waals surface area (Å²) < 4.78 is 16.7. The van der Waals surface area contributed by atoms with Gasteiger partial charge in [0.25, 0.3) is 0 Å². The molecule has 5 heteroatoms. The number of hydrogen-bond acceptors (Lipinski definition) is 4. The fourth-order valence-electron chi connectivity index (χ4n) is 1.23. The van der Waals surface area contributed by atoms with E-state index in [2.05, 4.69) is 20.9 Å². The highest BCUT2D eigenvalue weighted by atomic mass is 79.9. The van der Waals surface area contributed by atoms with E-state index < -0.39 is 0 Å². The number of methoxy groups -OCH3 is 1. The van der Waals surface area contributed by atoms with E-state index >= 15 is 0 Å². The monoisotopic (exact) mass is 303 g/mol. The maximum atomic E-state index is 5.51. The molecule has 0 radical (unpaired) electrons. The lowest BCUT2D eigenvalue weighted by atomic mass is 10.3. The maximum absolute atomic E-state index is 5.51. The predicted molar refractivity (Wildman–Crippen MR) is 68.9 cm³/mol. The third-order valence-corrected chi connectivity index (χ3v) is 2.47. The summed E-state index contributed by atoms with van der Waals surface area (Å²) in [5.74, 6) is 0. The maximum Gasteiger partial charge on any atom is 0.0732 e. The Labute approximate surface area is 110 Å². The van der Waals surface area contributed by atoms with Crippen LogP contribution in [-0.2, 0) is 20.8 Å². The molecule has 4 nitrogen and oxygen atoms in total. The Balaban J connectivity index is 1.97. The van der Waals surface area contributed by atoms with Crippen molar-refractivity contribution >= 4 is 15.9 Å². The van der Waals surface area contributed by atoms with E-state index in [4.69, 9.17) is 14.2 Å². The summed E-state index contributed by atoms with van der Waals surface area (Å²) in [6.45, 7) is 3.28. The molecule has 0 fully saturated rings. The molecular weight excluding hydrogens is 286 g/mol. The largest absolute Gasteiger partial charge is 0.382 e. The van der Waals surface area contributed by atoms with Crippen LogP contribution in [-0.4, -0.2) is 38.5 Å². The molecule has 1 rings (SSSR count). The normalized spacial score (nSPS) is 10.7. The molecule has 1 aromatic rings. The van der Waals surface area contributed by atoms with E-state index in [0.717, 1.165) is 16.5 Å². The predicted octanol–water partition coefficient (Wildman–Crippen LogP) is 2.41. The Hall–Kier alpha value is -0.490. The van der Waals surface area contributed by atoms with Crippen LogP contribution >= 0.6 is 15.9 Å². The van der Waals surface area contributed by atoms with Crippen molar-refractivity contribution in [3.63, 3.8) is 0 Å². The summed E-state index contributed by atoms with van der Waals surface area (Å²) >= 11 is 3.37. The number of ether oxygens (including phenoxy) is 3. The Bertz CT molecular complexity index is 310. The van der Waals surface area contributed by atoms with Crippen molar-refractivity contribution in [2.75, 3.05) is 33.5 Å². The summed E-state index contributed by atoms with van der Waals surface area (Å²) in [7, 11) is 1.67. The summed E-state index contributed by atoms with van der Waals surface area (Å²) in [6.07, 6.45) is 4.46. The Kier molecular flexibility index (Phi) is 8.17. The molecule has 0 N–H and O–H groups in total. The number of nitrogens with zero attached hydrogens (tertiary/aromatic N) is 1. The van der Waals surface area contributed by atoms with Crippen molar-refractivity contribution in [3.05, 3.63) is 28.5 Å². The zero-order valence-corrected chi connectivity index (χ0v) is 11.6. The van der Waals surface area contributed by atoms with Crippen LogP contribution in [0.2, 0.25) is 0 Å². The first kappa shape index (κ1) is 14.6. The molecule has 0 saturated heterocycles. The molecule has 1 aromatic heterocycles. The molecule has 0 atom stereocenters. The molecule has 0 bridgehead atoms. The number of halogens is 1. The van der Waals surface area contributed by atoms with E-state index in [9.17, 15) is 0 Å². The Morgan fingerprint density at radius 2 is 1.94 bits per heavy atom. The Morgan fingerprint density at radius 1 is 1.12 bits per heavy atom. The minimum Gasteiger partial charge on any atom is -0.382 e. The van der Waals surface area contributed by atoms with Crippen molar-refractivity contribution < 1.29 is 14.2 Å². The molecule has 0 unspecified atom stereocenters. The summed E-state index contributed by atoms with van der Waals surface area (Å²) in [5, 5.41) is 0. The van der Waals surface area contributed by atoms with Crippen molar-refractivity contribution in [1.82, 2.24) is 4.98 Å². The van der Waals surface area contributed by atoms with Crippen molar-refractivity contribution in [2.24, 2.45) is 0 Å². The first-order valence-corrected chi connectivity index (χ1v) is 6.36. The standard InChI is InChI=1S/C12H18BrNO3/c1-15-5-6-16-3-2-4-17-10-11-7-12(13)9-14-8-11/h7-9H,2-6,10H2,1H3. The fraction of sp³-hybridized carbons (Fsp3) is 0.583. The van der Waals surface area contributed by atoms with Gasteiger partial charge in [-0.3, -0.25) is 4.98 Å². The van der Waals surface area contributed by atoms with Gasteiger partial charge in [-0.05, 0) is 34.0 Å². The van der Waals surface area contributed by atoms with Crippen LogP contribution in [0.3, 0.4) is 0 Å². The lowest BCUT2D eigenvalue weighted by Crippen LogP contribution is -2.05. The van der Waals surface area contributed by atoms with E-state index in [1.165, 1.54) is 0 Å². The highest BCUT2D eigenvalue weighted by Crippen LogP contribution is 2.10. The molecule has 17 heavy (non-hydrogen) atoms. The highest BCUT2D eigenvalue weighted by molar-refractivity contribution is 9.10. The lowest BCUT2D eigenvalue weighted by Gasteiger charge is -2.05. The smallest absolute Gasteiger partial charge is 0.0732 e. The average molecular weight is 304 g/mol. The second-order valence-corrected chi connectivity index (χ2v) is 4.44. The molecule has 0 aromatic carbocycles. The quantitative estimate of drug-likeness (QED) is 0.657. The summed E-state index contributed by atoms with van der Waals surface area (Å²) in [4.78, 5) is 4.07. The van der Waals surface area contributed by atoms with Gasteiger partial charge in [0.1, 0.15) is 0 Å². The molecule has 96 valence electrons. The molecule has 0 amide bonds. The van der Waals surface area contributed by atoms with Crippen LogP contribution in [0.4, 0.5) is 0 Å². The molecule has 0 saturated carbocycles. The van der Waals surface area contributed by atoms with Gasteiger partial charge >= 0.3 is 0 Å². The molecule has 0 aliphatic carbocycles. The van der Waals surface area contributed by atoms with E-state index in [1.807, 2.05) is 6.07 Å². The van der Waals surface area contributed by atoms with Crippen LogP contribution in [0, 0.1) is 0 Å². The minimum atomic E-state index is 0.588. The second kappa shape index (κ2) is 9.53. The number of hydrogen-bond donors (Lipinski definition) is 0.